The van der Waals surface area contributed by atoms with Crippen molar-refractivity contribution >= 4 is 22.6 Å². The molecular formula is C7H13F3IN. The van der Waals surface area contributed by atoms with Gasteiger partial charge < -0.3 is 5.32 Å². The van der Waals surface area contributed by atoms with Crippen LogP contribution in [-0.2, 0) is 0 Å². The lowest BCUT2D eigenvalue weighted by Gasteiger charge is -2.07. The summed E-state index contributed by atoms with van der Waals surface area (Å²) in [6, 6.07) is 0. The molecule has 0 aliphatic heterocycles. The van der Waals surface area contributed by atoms with Crippen LogP contribution in [0.3, 0.4) is 0 Å². The first-order valence-corrected chi connectivity index (χ1v) is 5.42. The second-order valence-corrected chi connectivity index (χ2v) is 3.62. The van der Waals surface area contributed by atoms with Crippen molar-refractivity contribution < 1.29 is 13.2 Å². The quantitative estimate of drug-likeness (QED) is 0.451. The van der Waals surface area contributed by atoms with Crippen LogP contribution in [0.1, 0.15) is 19.3 Å². The average molecular weight is 295 g/mol. The van der Waals surface area contributed by atoms with Gasteiger partial charge in [0.2, 0.25) is 0 Å². The Balaban J connectivity index is 3.01. The highest BCUT2D eigenvalue weighted by molar-refractivity contribution is 14.1. The van der Waals surface area contributed by atoms with E-state index in [1.54, 1.807) is 0 Å². The zero-order valence-corrected chi connectivity index (χ0v) is 8.91. The van der Waals surface area contributed by atoms with Crippen molar-refractivity contribution in [1.29, 1.82) is 0 Å². The van der Waals surface area contributed by atoms with Crippen LogP contribution in [0.15, 0.2) is 0 Å². The molecule has 0 spiro atoms. The standard InChI is InChI=1S/C7H13F3IN/c8-7(9,10)6-12-5-3-1-2-4-11/h12H,1-6H2. The van der Waals surface area contributed by atoms with Gasteiger partial charge in [0.15, 0.2) is 0 Å². The second-order valence-electron chi connectivity index (χ2n) is 2.54. The van der Waals surface area contributed by atoms with E-state index in [0.29, 0.717) is 6.54 Å². The summed E-state index contributed by atoms with van der Waals surface area (Å²) in [5.74, 6) is 0. The fourth-order valence-electron chi connectivity index (χ4n) is 0.751. The van der Waals surface area contributed by atoms with Crippen LogP contribution in [0.4, 0.5) is 13.2 Å². The smallest absolute Gasteiger partial charge is 0.309 e. The third-order valence-corrected chi connectivity index (χ3v) is 2.08. The molecule has 0 aromatic rings. The van der Waals surface area contributed by atoms with E-state index in [2.05, 4.69) is 27.9 Å². The maximum Gasteiger partial charge on any atom is 0.401 e. The maximum atomic E-state index is 11.6. The van der Waals surface area contributed by atoms with Crippen molar-refractivity contribution in [3.8, 4) is 0 Å². The van der Waals surface area contributed by atoms with Crippen LogP contribution < -0.4 is 5.32 Å². The van der Waals surface area contributed by atoms with Crippen LogP contribution in [0, 0.1) is 0 Å². The zero-order valence-electron chi connectivity index (χ0n) is 6.75. The Hall–Kier alpha value is 0.480. The van der Waals surface area contributed by atoms with E-state index in [1.165, 1.54) is 0 Å². The van der Waals surface area contributed by atoms with E-state index in [1.807, 2.05) is 0 Å². The molecule has 0 aliphatic carbocycles. The van der Waals surface area contributed by atoms with Crippen molar-refractivity contribution in [1.82, 2.24) is 5.32 Å². The fourth-order valence-corrected chi connectivity index (χ4v) is 1.29. The summed E-state index contributed by atoms with van der Waals surface area (Å²) >= 11 is 2.26. The zero-order chi connectivity index (χ0) is 9.45. The summed E-state index contributed by atoms with van der Waals surface area (Å²) in [6.07, 6.45) is -1.13. The molecule has 0 saturated carbocycles. The Kier molecular flexibility index (Phi) is 7.22. The number of alkyl halides is 4. The minimum absolute atomic E-state index is 0.468. The topological polar surface area (TPSA) is 12.0 Å². The minimum Gasteiger partial charge on any atom is -0.309 e. The van der Waals surface area contributed by atoms with Gasteiger partial charge in [0, 0.05) is 0 Å². The fraction of sp³-hybridized carbons (Fsp3) is 1.00. The summed E-state index contributed by atoms with van der Waals surface area (Å²) in [7, 11) is 0. The molecule has 0 atom stereocenters. The summed E-state index contributed by atoms with van der Waals surface area (Å²) in [4.78, 5) is 0. The highest BCUT2D eigenvalue weighted by Gasteiger charge is 2.25. The van der Waals surface area contributed by atoms with Gasteiger partial charge in [0.25, 0.3) is 0 Å². The molecule has 0 heterocycles. The van der Waals surface area contributed by atoms with Crippen molar-refractivity contribution in [2.45, 2.75) is 25.4 Å². The molecule has 0 aliphatic rings. The Morgan fingerprint density at radius 1 is 1.08 bits per heavy atom. The second kappa shape index (κ2) is 6.94. The molecule has 1 nitrogen and oxygen atoms in total. The van der Waals surface area contributed by atoms with E-state index >= 15 is 0 Å². The lowest BCUT2D eigenvalue weighted by Crippen LogP contribution is -2.29. The predicted octanol–water partition coefficient (Wildman–Crippen LogP) is 2.74. The Morgan fingerprint density at radius 2 is 1.75 bits per heavy atom. The van der Waals surface area contributed by atoms with Gasteiger partial charge >= 0.3 is 6.18 Å². The Labute approximate surface area is 84.2 Å². The molecule has 74 valence electrons. The molecule has 5 heteroatoms. The predicted molar refractivity (Wildman–Crippen MR) is 51.7 cm³/mol. The van der Waals surface area contributed by atoms with Crippen LogP contribution >= 0.6 is 22.6 Å². The van der Waals surface area contributed by atoms with Crippen LogP contribution in [0.2, 0.25) is 0 Å². The maximum absolute atomic E-state index is 11.6. The van der Waals surface area contributed by atoms with E-state index in [0.717, 1.165) is 23.7 Å². The first-order chi connectivity index (χ1) is 5.56. The van der Waals surface area contributed by atoms with Gasteiger partial charge in [-0.2, -0.15) is 13.2 Å². The number of rotatable bonds is 6. The molecular weight excluding hydrogens is 282 g/mol. The third-order valence-electron chi connectivity index (χ3n) is 1.31. The number of hydrogen-bond acceptors (Lipinski definition) is 1. The summed E-state index contributed by atoms with van der Waals surface area (Å²) < 4.78 is 35.8. The lowest BCUT2D eigenvalue weighted by molar-refractivity contribution is -0.124. The Bertz CT molecular complexity index is 105. The number of unbranched alkanes of at least 4 members (excludes halogenated alkanes) is 2. The van der Waals surface area contributed by atoms with E-state index in [9.17, 15) is 13.2 Å². The highest BCUT2D eigenvalue weighted by Crippen LogP contribution is 2.12. The SMILES string of the molecule is FC(F)(F)CNCCCCCI. The molecule has 0 aromatic carbocycles. The van der Waals surface area contributed by atoms with Gasteiger partial charge in [-0.1, -0.05) is 29.0 Å². The summed E-state index contributed by atoms with van der Waals surface area (Å²) in [5.41, 5.74) is 0. The van der Waals surface area contributed by atoms with E-state index < -0.39 is 12.7 Å². The van der Waals surface area contributed by atoms with Crippen molar-refractivity contribution in [2.75, 3.05) is 17.5 Å². The molecule has 0 rings (SSSR count). The van der Waals surface area contributed by atoms with Gasteiger partial charge in [-0.25, -0.2) is 0 Å². The average Bonchev–Trinajstić information content (AvgIpc) is 1.94. The molecule has 0 saturated heterocycles. The largest absolute Gasteiger partial charge is 0.401 e. The number of halogens is 4. The van der Waals surface area contributed by atoms with Gasteiger partial charge in [-0.15, -0.1) is 0 Å². The minimum atomic E-state index is -4.07. The molecule has 12 heavy (non-hydrogen) atoms. The molecule has 0 radical (unpaired) electrons. The highest BCUT2D eigenvalue weighted by atomic mass is 127. The molecule has 0 unspecified atom stereocenters. The van der Waals surface area contributed by atoms with Crippen molar-refractivity contribution in [3.63, 3.8) is 0 Å². The first kappa shape index (κ1) is 12.5. The van der Waals surface area contributed by atoms with Crippen LogP contribution in [-0.4, -0.2) is 23.7 Å². The first-order valence-electron chi connectivity index (χ1n) is 3.89. The molecule has 0 fully saturated rings. The van der Waals surface area contributed by atoms with Gasteiger partial charge in [-0.05, 0) is 23.8 Å². The van der Waals surface area contributed by atoms with Crippen LogP contribution in [0.5, 0.6) is 0 Å². The molecule has 0 aromatic heterocycles. The molecule has 0 bridgehead atoms. The van der Waals surface area contributed by atoms with Crippen molar-refractivity contribution in [2.24, 2.45) is 0 Å². The van der Waals surface area contributed by atoms with E-state index in [4.69, 9.17) is 0 Å². The lowest BCUT2D eigenvalue weighted by atomic mass is 10.2. The van der Waals surface area contributed by atoms with Gasteiger partial charge in [-0.3, -0.25) is 0 Å². The van der Waals surface area contributed by atoms with Crippen LogP contribution in [0.25, 0.3) is 0 Å². The Morgan fingerprint density at radius 3 is 2.25 bits per heavy atom. The number of hydrogen-bond donors (Lipinski definition) is 1. The van der Waals surface area contributed by atoms with Gasteiger partial charge in [0.05, 0.1) is 6.54 Å². The third kappa shape index (κ3) is 10.5. The normalized spacial score (nSPS) is 12.0. The summed E-state index contributed by atoms with van der Waals surface area (Å²) in [6.45, 7) is -0.395. The summed E-state index contributed by atoms with van der Waals surface area (Å²) in [5, 5.41) is 2.36. The van der Waals surface area contributed by atoms with Gasteiger partial charge in [0.1, 0.15) is 0 Å². The number of nitrogens with one attached hydrogen (secondary N) is 1. The van der Waals surface area contributed by atoms with Crippen molar-refractivity contribution in [3.05, 3.63) is 0 Å². The molecule has 1 N–H and O–H groups in total. The molecule has 0 amide bonds. The monoisotopic (exact) mass is 295 g/mol. The van der Waals surface area contributed by atoms with E-state index in [-0.39, 0.29) is 0 Å².